The van der Waals surface area contributed by atoms with Crippen LogP contribution >= 0.6 is 11.6 Å². The number of alkyl halides is 1. The van der Waals surface area contributed by atoms with Gasteiger partial charge in [0, 0.05) is 69.7 Å². The number of amides is 1. The zero-order valence-electron chi connectivity index (χ0n) is 32.6. The summed E-state index contributed by atoms with van der Waals surface area (Å²) in [6.07, 6.45) is 3.83. The monoisotopic (exact) mass is 800 g/mol. The van der Waals surface area contributed by atoms with E-state index in [1.165, 1.54) is 5.56 Å². The van der Waals surface area contributed by atoms with E-state index in [-0.39, 0.29) is 37.5 Å². The molecule has 0 spiro atoms. The van der Waals surface area contributed by atoms with Crippen LogP contribution in [0.25, 0.3) is 11.1 Å². The molecule has 0 aromatic heterocycles. The van der Waals surface area contributed by atoms with Crippen molar-refractivity contribution in [2.75, 3.05) is 32.8 Å². The molecular formula is C46H46ClFN6O4. The number of piperidine rings is 2. The van der Waals surface area contributed by atoms with Gasteiger partial charge in [-0.05, 0) is 96.3 Å². The number of halogens is 2. The second-order valence-electron chi connectivity index (χ2n) is 15.3. The lowest BCUT2D eigenvalue weighted by molar-refractivity contribution is -0.122. The summed E-state index contributed by atoms with van der Waals surface area (Å²) >= 11 is 6.94. The van der Waals surface area contributed by atoms with Crippen molar-refractivity contribution in [3.63, 3.8) is 0 Å². The Bertz CT molecular complexity index is 2250. The Balaban J connectivity index is 1.06. The summed E-state index contributed by atoms with van der Waals surface area (Å²) in [5, 5.41) is 35.0. The van der Waals surface area contributed by atoms with Crippen molar-refractivity contribution in [3.8, 4) is 46.6 Å². The van der Waals surface area contributed by atoms with Gasteiger partial charge in [0.25, 0.3) is 0 Å². The molecule has 0 radical (unpaired) electrons. The SMILES string of the molecule is Cc1c(OCCCN2CCC(F)(C#N)CC2)cccc1-c1cccc2c1CC[C@@H]2Oc1cc(OCc2cc(C#N)cc(C#N)c2)c(CN[C@H]2CCC(=O)NC2)cc1Cl. The van der Waals surface area contributed by atoms with Crippen molar-refractivity contribution in [1.29, 1.82) is 15.8 Å². The van der Waals surface area contributed by atoms with E-state index < -0.39 is 5.67 Å². The molecule has 7 rings (SSSR count). The highest BCUT2D eigenvalue weighted by Gasteiger charge is 2.34. The zero-order chi connectivity index (χ0) is 40.6. The number of nitrogens with zero attached hydrogens (tertiary/aromatic N) is 4. The maximum atomic E-state index is 14.3. The molecule has 2 heterocycles. The number of ether oxygens (including phenoxy) is 3. The molecule has 2 aliphatic heterocycles. The van der Waals surface area contributed by atoms with Gasteiger partial charge >= 0.3 is 0 Å². The Labute approximate surface area is 344 Å². The minimum Gasteiger partial charge on any atom is -0.493 e. The summed E-state index contributed by atoms with van der Waals surface area (Å²) in [7, 11) is 0. The lowest BCUT2D eigenvalue weighted by atomic mass is 9.93. The van der Waals surface area contributed by atoms with Crippen LogP contribution in [0.3, 0.4) is 0 Å². The van der Waals surface area contributed by atoms with Gasteiger partial charge in [0.1, 0.15) is 36.0 Å². The lowest BCUT2D eigenvalue weighted by Crippen LogP contribution is -2.45. The van der Waals surface area contributed by atoms with Gasteiger partial charge in [-0.15, -0.1) is 0 Å². The first-order chi connectivity index (χ1) is 28.1. The maximum absolute atomic E-state index is 14.3. The number of fused-ring (bicyclic) bond motifs is 1. The van der Waals surface area contributed by atoms with Crippen LogP contribution in [0, 0.1) is 40.9 Å². The number of carbonyl (C=O) groups excluding carboxylic acids is 1. The first kappa shape index (κ1) is 40.6. The molecule has 2 atom stereocenters. The second kappa shape index (κ2) is 18.3. The van der Waals surface area contributed by atoms with Crippen LogP contribution in [0.2, 0.25) is 5.02 Å². The lowest BCUT2D eigenvalue weighted by Gasteiger charge is -2.32. The van der Waals surface area contributed by atoms with Crippen LogP contribution in [0.4, 0.5) is 4.39 Å². The number of hydrogen-bond donors (Lipinski definition) is 2. The molecule has 4 aromatic carbocycles. The smallest absolute Gasteiger partial charge is 0.220 e. The number of nitriles is 3. The summed E-state index contributed by atoms with van der Waals surface area (Å²) in [4.78, 5) is 13.9. The molecule has 1 aliphatic carbocycles. The van der Waals surface area contributed by atoms with Gasteiger partial charge in [-0.2, -0.15) is 15.8 Å². The predicted molar refractivity (Wildman–Crippen MR) is 218 cm³/mol. The minimum atomic E-state index is -1.69. The number of benzene rings is 4. The van der Waals surface area contributed by atoms with Crippen LogP contribution in [-0.2, 0) is 24.4 Å². The molecule has 2 N–H and O–H groups in total. The van der Waals surface area contributed by atoms with Crippen LogP contribution in [0.5, 0.6) is 17.2 Å². The van der Waals surface area contributed by atoms with Gasteiger partial charge in [0.05, 0.1) is 34.9 Å². The van der Waals surface area contributed by atoms with Gasteiger partial charge in [-0.3, -0.25) is 4.79 Å². The Kier molecular flexibility index (Phi) is 12.8. The summed E-state index contributed by atoms with van der Waals surface area (Å²) in [5.74, 6) is 1.93. The van der Waals surface area contributed by atoms with E-state index >= 15 is 0 Å². The van der Waals surface area contributed by atoms with Gasteiger partial charge in [-0.1, -0.05) is 41.9 Å². The molecule has 2 saturated heterocycles. The Morgan fingerprint density at radius 1 is 0.931 bits per heavy atom. The van der Waals surface area contributed by atoms with Crippen molar-refractivity contribution >= 4 is 17.5 Å². The van der Waals surface area contributed by atoms with E-state index in [0.717, 1.165) is 65.8 Å². The zero-order valence-corrected chi connectivity index (χ0v) is 33.3. The van der Waals surface area contributed by atoms with E-state index in [2.05, 4.69) is 58.9 Å². The van der Waals surface area contributed by atoms with Crippen LogP contribution in [-0.4, -0.2) is 55.3 Å². The minimum absolute atomic E-state index is 0.0499. The summed E-state index contributed by atoms with van der Waals surface area (Å²) in [6, 6.07) is 27.2. The molecule has 0 saturated carbocycles. The van der Waals surface area contributed by atoms with E-state index in [0.29, 0.717) is 72.4 Å². The second-order valence-corrected chi connectivity index (χ2v) is 15.7. The normalized spacial score (nSPS) is 18.6. The molecule has 2 fully saturated rings. The third-order valence-electron chi connectivity index (χ3n) is 11.4. The molecule has 0 unspecified atom stereocenters. The number of hydrogen-bond acceptors (Lipinski definition) is 9. The van der Waals surface area contributed by atoms with Crippen molar-refractivity contribution in [2.45, 2.75) is 82.8 Å². The van der Waals surface area contributed by atoms with E-state index in [1.807, 2.05) is 30.3 Å². The average molecular weight is 801 g/mol. The topological polar surface area (TPSA) is 143 Å². The number of nitrogens with one attached hydrogen (secondary N) is 2. The maximum Gasteiger partial charge on any atom is 0.220 e. The first-order valence-electron chi connectivity index (χ1n) is 19.9. The van der Waals surface area contributed by atoms with Crippen molar-refractivity contribution in [1.82, 2.24) is 15.5 Å². The Hall–Kier alpha value is -5.64. The Morgan fingerprint density at radius 2 is 1.69 bits per heavy atom. The van der Waals surface area contributed by atoms with Gasteiger partial charge in [-0.25, -0.2) is 4.39 Å². The average Bonchev–Trinajstić information content (AvgIpc) is 3.66. The molecule has 0 bridgehead atoms. The molecule has 10 nitrogen and oxygen atoms in total. The van der Waals surface area contributed by atoms with Gasteiger partial charge < -0.3 is 29.7 Å². The fourth-order valence-electron chi connectivity index (χ4n) is 8.09. The summed E-state index contributed by atoms with van der Waals surface area (Å²) in [5.41, 5.74) is 6.18. The third-order valence-corrected chi connectivity index (χ3v) is 11.7. The molecule has 4 aromatic rings. The van der Waals surface area contributed by atoms with Gasteiger partial charge in [0.15, 0.2) is 5.67 Å². The summed E-state index contributed by atoms with van der Waals surface area (Å²) in [6.45, 7) is 5.69. The van der Waals surface area contributed by atoms with E-state index in [1.54, 1.807) is 18.2 Å². The van der Waals surface area contributed by atoms with Crippen LogP contribution in [0.1, 0.15) is 83.6 Å². The van der Waals surface area contributed by atoms with E-state index in [9.17, 15) is 19.7 Å². The fraction of sp³-hybridized carbons (Fsp3) is 0.391. The standard InChI is InChI=1S/C46H46ClFN6O4/c1-30-36(5-3-8-41(30)56-18-4-15-54-16-13-46(48,29-51)14-17-54)37-6-2-7-39-38(37)10-11-42(39)58-44-23-43(57-28-33-20-31(24-49)19-32(21-33)25-50)34(22-40(44)47)26-52-35-9-12-45(55)53-27-35/h2-3,5-8,19-23,35,42,52H,4,9-18,26-28H2,1H3,(H,53,55)/t35-,42-/m0/s1. The Morgan fingerprint density at radius 3 is 2.41 bits per heavy atom. The third kappa shape index (κ3) is 9.55. The highest BCUT2D eigenvalue weighted by molar-refractivity contribution is 6.32. The number of rotatable bonds is 14. The van der Waals surface area contributed by atoms with Gasteiger partial charge in [0.2, 0.25) is 5.91 Å². The number of carbonyl (C=O) groups is 1. The van der Waals surface area contributed by atoms with E-state index in [4.69, 9.17) is 31.1 Å². The van der Waals surface area contributed by atoms with Crippen LogP contribution < -0.4 is 24.8 Å². The summed E-state index contributed by atoms with van der Waals surface area (Å²) < 4.78 is 33.7. The highest BCUT2D eigenvalue weighted by Crippen LogP contribution is 2.44. The largest absolute Gasteiger partial charge is 0.493 e. The molecule has 58 heavy (non-hydrogen) atoms. The number of likely N-dealkylation sites (tertiary alicyclic amines) is 1. The van der Waals surface area contributed by atoms with Crippen LogP contribution in [0.15, 0.2) is 66.7 Å². The molecule has 298 valence electrons. The molecule has 1 amide bonds. The molecular weight excluding hydrogens is 755 g/mol. The quantitative estimate of drug-likeness (QED) is 0.121. The first-order valence-corrected chi connectivity index (χ1v) is 20.3. The van der Waals surface area contributed by atoms with Crippen molar-refractivity contribution in [2.24, 2.45) is 0 Å². The van der Waals surface area contributed by atoms with Crippen molar-refractivity contribution in [3.05, 3.63) is 111 Å². The molecule has 3 aliphatic rings. The highest BCUT2D eigenvalue weighted by atomic mass is 35.5. The predicted octanol–water partition coefficient (Wildman–Crippen LogP) is 8.17. The fourth-order valence-corrected chi connectivity index (χ4v) is 8.32. The molecule has 12 heteroatoms. The van der Waals surface area contributed by atoms with Crippen molar-refractivity contribution < 1.29 is 23.4 Å².